The standard InChI is InChI=1S/C29H50N4O7/c1-18(2)19-16-21-25(36)31-20(22(34)24(30)35)14-12-10-8-9-11-13-15-39-29(6,7)23(26(37)33(21)17-19)32-27(38)40-28(3,4)5/h18-21,23H,8-17H2,1-7H3,(H2,30,35)(H,31,36)(H,32,38)/t19?,20-,21-,23+/m0/s1. The maximum Gasteiger partial charge on any atom is 0.408 e. The van der Waals surface area contributed by atoms with Crippen LogP contribution in [-0.2, 0) is 28.7 Å². The number of ether oxygens (including phenoxy) is 2. The molecule has 11 heteroatoms. The molecule has 0 radical (unpaired) electrons. The van der Waals surface area contributed by atoms with E-state index in [4.69, 9.17) is 15.2 Å². The molecule has 0 bridgehead atoms. The lowest BCUT2D eigenvalue weighted by molar-refractivity contribution is -0.148. The van der Waals surface area contributed by atoms with E-state index in [2.05, 4.69) is 10.6 Å². The van der Waals surface area contributed by atoms with Crippen LogP contribution in [0.2, 0.25) is 0 Å². The fourth-order valence-corrected chi connectivity index (χ4v) is 5.25. The van der Waals surface area contributed by atoms with Gasteiger partial charge in [0, 0.05) is 13.2 Å². The summed E-state index contributed by atoms with van der Waals surface area (Å²) < 4.78 is 11.6. The summed E-state index contributed by atoms with van der Waals surface area (Å²) in [5.41, 5.74) is 3.40. The van der Waals surface area contributed by atoms with Gasteiger partial charge in [0.15, 0.2) is 0 Å². The maximum absolute atomic E-state index is 14.2. The van der Waals surface area contributed by atoms with Crippen LogP contribution in [0.3, 0.4) is 0 Å². The van der Waals surface area contributed by atoms with Gasteiger partial charge in [0.05, 0.1) is 11.6 Å². The highest BCUT2D eigenvalue weighted by Gasteiger charge is 2.48. The van der Waals surface area contributed by atoms with Crippen molar-refractivity contribution in [1.82, 2.24) is 15.5 Å². The topological polar surface area (TPSA) is 157 Å². The fraction of sp³-hybridized carbons (Fsp3) is 0.828. The minimum Gasteiger partial charge on any atom is -0.444 e. The molecule has 0 aromatic carbocycles. The molecule has 1 unspecified atom stereocenters. The van der Waals surface area contributed by atoms with Gasteiger partial charge in [0.1, 0.15) is 17.7 Å². The van der Waals surface area contributed by atoms with Crippen LogP contribution < -0.4 is 16.4 Å². The molecular formula is C29H50N4O7. The first kappa shape index (κ1) is 33.5. The van der Waals surface area contributed by atoms with Crippen molar-refractivity contribution in [2.45, 2.75) is 129 Å². The molecule has 0 saturated carbocycles. The fourth-order valence-electron chi connectivity index (χ4n) is 5.25. The average Bonchev–Trinajstić information content (AvgIpc) is 3.29. The zero-order valence-electron chi connectivity index (χ0n) is 25.3. The number of amides is 4. The molecule has 2 aliphatic rings. The molecule has 228 valence electrons. The molecule has 2 saturated heterocycles. The smallest absolute Gasteiger partial charge is 0.408 e. The SMILES string of the molecule is CC(C)C1C[C@H]2C(=O)N[C@H](C(=O)C(N)=O)CCCCCCCCOC(C)(C)[C@H](NC(=O)OC(C)(C)C)C(=O)N2C1. The van der Waals surface area contributed by atoms with E-state index >= 15 is 0 Å². The van der Waals surface area contributed by atoms with Crippen molar-refractivity contribution in [3.63, 3.8) is 0 Å². The molecule has 11 nitrogen and oxygen atoms in total. The lowest BCUT2D eigenvalue weighted by Gasteiger charge is -2.38. The van der Waals surface area contributed by atoms with Crippen molar-refractivity contribution in [2.24, 2.45) is 17.6 Å². The van der Waals surface area contributed by atoms with Gasteiger partial charge < -0.3 is 30.7 Å². The quantitative estimate of drug-likeness (QED) is 0.442. The predicted octanol–water partition coefficient (Wildman–Crippen LogP) is 2.83. The van der Waals surface area contributed by atoms with Gasteiger partial charge in [-0.2, -0.15) is 0 Å². The number of nitrogens with two attached hydrogens (primary N) is 1. The van der Waals surface area contributed by atoms with E-state index in [0.29, 0.717) is 32.4 Å². The first-order chi connectivity index (χ1) is 18.5. The van der Waals surface area contributed by atoms with Gasteiger partial charge in [-0.05, 0) is 65.7 Å². The Morgan fingerprint density at radius 3 is 2.25 bits per heavy atom. The zero-order chi connectivity index (χ0) is 30.3. The maximum atomic E-state index is 14.2. The molecule has 40 heavy (non-hydrogen) atoms. The second-order valence-electron chi connectivity index (χ2n) is 13.0. The number of fused-ring (bicyclic) bond motifs is 1. The lowest BCUT2D eigenvalue weighted by Crippen LogP contribution is -2.62. The van der Waals surface area contributed by atoms with Gasteiger partial charge in [-0.15, -0.1) is 0 Å². The highest BCUT2D eigenvalue weighted by atomic mass is 16.6. The number of hydrogen-bond donors (Lipinski definition) is 3. The number of primary amides is 1. The van der Waals surface area contributed by atoms with Gasteiger partial charge in [-0.1, -0.05) is 46.0 Å². The number of nitrogens with one attached hydrogen (secondary N) is 2. The molecule has 0 aliphatic carbocycles. The molecule has 2 rings (SSSR count). The normalized spacial score (nSPS) is 27.4. The summed E-state index contributed by atoms with van der Waals surface area (Å²) in [5, 5.41) is 5.44. The van der Waals surface area contributed by atoms with Crippen LogP contribution in [-0.4, -0.2) is 77.0 Å². The summed E-state index contributed by atoms with van der Waals surface area (Å²) in [6.07, 6.45) is 4.99. The van der Waals surface area contributed by atoms with E-state index in [1.54, 1.807) is 34.6 Å². The Hall–Kier alpha value is -2.69. The summed E-state index contributed by atoms with van der Waals surface area (Å²) in [6.45, 7) is 13.4. The van der Waals surface area contributed by atoms with Crippen molar-refractivity contribution in [2.75, 3.05) is 13.2 Å². The Bertz CT molecular complexity index is 928. The summed E-state index contributed by atoms with van der Waals surface area (Å²) in [6, 6.07) is -3.08. The first-order valence-corrected chi connectivity index (χ1v) is 14.6. The highest BCUT2D eigenvalue weighted by molar-refractivity contribution is 6.37. The Morgan fingerprint density at radius 2 is 1.68 bits per heavy atom. The van der Waals surface area contributed by atoms with Crippen LogP contribution in [0.25, 0.3) is 0 Å². The Labute approximate surface area is 238 Å². The van der Waals surface area contributed by atoms with Crippen molar-refractivity contribution < 1.29 is 33.4 Å². The van der Waals surface area contributed by atoms with E-state index in [1.165, 1.54) is 4.90 Å². The van der Waals surface area contributed by atoms with Crippen LogP contribution in [0.15, 0.2) is 0 Å². The summed E-state index contributed by atoms with van der Waals surface area (Å²) in [5.74, 6) is -2.74. The minimum atomic E-state index is -1.14. The molecule has 4 N–H and O–H groups in total. The molecule has 0 aromatic heterocycles. The van der Waals surface area contributed by atoms with Crippen LogP contribution in [0.4, 0.5) is 4.79 Å². The molecule has 4 atom stereocenters. The first-order valence-electron chi connectivity index (χ1n) is 14.6. The molecule has 2 aliphatic heterocycles. The van der Waals surface area contributed by atoms with Crippen LogP contribution >= 0.6 is 0 Å². The van der Waals surface area contributed by atoms with Crippen molar-refractivity contribution in [3.05, 3.63) is 0 Å². The third-order valence-corrected chi connectivity index (χ3v) is 7.70. The summed E-state index contributed by atoms with van der Waals surface area (Å²) in [4.78, 5) is 66.4. The van der Waals surface area contributed by atoms with Crippen LogP contribution in [0.5, 0.6) is 0 Å². The Morgan fingerprint density at radius 1 is 1.07 bits per heavy atom. The molecule has 0 spiro atoms. The average molecular weight is 567 g/mol. The largest absolute Gasteiger partial charge is 0.444 e. The minimum absolute atomic E-state index is 0.0156. The van der Waals surface area contributed by atoms with E-state index < -0.39 is 58.9 Å². The number of rotatable bonds is 4. The second kappa shape index (κ2) is 14.3. The van der Waals surface area contributed by atoms with Gasteiger partial charge >= 0.3 is 6.09 Å². The van der Waals surface area contributed by atoms with E-state index in [0.717, 1.165) is 32.1 Å². The summed E-state index contributed by atoms with van der Waals surface area (Å²) >= 11 is 0. The second-order valence-corrected chi connectivity index (χ2v) is 13.0. The number of hydrogen-bond acceptors (Lipinski definition) is 7. The van der Waals surface area contributed by atoms with Gasteiger partial charge in [-0.3, -0.25) is 19.2 Å². The molecule has 0 aromatic rings. The number of carbonyl (C=O) groups excluding carboxylic acids is 5. The van der Waals surface area contributed by atoms with E-state index in [-0.39, 0.29) is 11.8 Å². The van der Waals surface area contributed by atoms with Crippen molar-refractivity contribution in [1.29, 1.82) is 0 Å². The van der Waals surface area contributed by atoms with Gasteiger partial charge in [0.25, 0.3) is 5.91 Å². The van der Waals surface area contributed by atoms with Crippen LogP contribution in [0, 0.1) is 11.8 Å². The number of carbonyl (C=O) groups is 5. The molecule has 4 amide bonds. The molecule has 2 fully saturated rings. The Balaban J connectivity index is 2.46. The lowest BCUT2D eigenvalue weighted by atomic mass is 9.93. The number of nitrogens with zero attached hydrogens (tertiary/aromatic N) is 1. The number of alkyl carbamates (subject to hydrolysis) is 1. The summed E-state index contributed by atoms with van der Waals surface area (Å²) in [7, 11) is 0. The van der Waals surface area contributed by atoms with Crippen molar-refractivity contribution >= 4 is 29.6 Å². The molecular weight excluding hydrogens is 516 g/mol. The van der Waals surface area contributed by atoms with Gasteiger partial charge in [-0.25, -0.2) is 4.79 Å². The predicted molar refractivity (Wildman–Crippen MR) is 150 cm³/mol. The zero-order valence-corrected chi connectivity index (χ0v) is 25.3. The molecule has 2 heterocycles. The Kier molecular flexibility index (Phi) is 12.0. The van der Waals surface area contributed by atoms with E-state index in [9.17, 15) is 24.0 Å². The van der Waals surface area contributed by atoms with Crippen molar-refractivity contribution in [3.8, 4) is 0 Å². The third kappa shape index (κ3) is 9.74. The third-order valence-electron chi connectivity index (χ3n) is 7.70. The van der Waals surface area contributed by atoms with Crippen LogP contribution in [0.1, 0.15) is 99.8 Å². The highest BCUT2D eigenvalue weighted by Crippen LogP contribution is 2.32. The number of Topliss-reactive ketones (excluding diaryl/α,β-unsaturated/α-hetero) is 1. The number of ketones is 1. The van der Waals surface area contributed by atoms with E-state index in [1.807, 2.05) is 13.8 Å². The van der Waals surface area contributed by atoms with Gasteiger partial charge in [0.2, 0.25) is 17.6 Å². The monoisotopic (exact) mass is 566 g/mol.